The SMILES string of the molecule is N#Cc1ccc(S(=O)(=O)N(CCO)C2CC2)cn1. The number of nitrogens with zero attached hydrogens (tertiary/aromatic N) is 3. The van der Waals surface area contributed by atoms with Gasteiger partial charge in [-0.1, -0.05) is 0 Å². The van der Waals surface area contributed by atoms with E-state index < -0.39 is 10.0 Å². The number of aliphatic hydroxyl groups excluding tert-OH is 1. The monoisotopic (exact) mass is 267 g/mol. The highest BCUT2D eigenvalue weighted by Crippen LogP contribution is 2.31. The van der Waals surface area contributed by atoms with Gasteiger partial charge in [-0.25, -0.2) is 13.4 Å². The van der Waals surface area contributed by atoms with Gasteiger partial charge in [-0.15, -0.1) is 0 Å². The number of rotatable bonds is 5. The number of aliphatic hydroxyl groups is 1. The van der Waals surface area contributed by atoms with Gasteiger partial charge in [0.15, 0.2) is 0 Å². The maximum atomic E-state index is 12.3. The van der Waals surface area contributed by atoms with Gasteiger partial charge in [0, 0.05) is 18.8 Å². The topological polar surface area (TPSA) is 94.3 Å². The quantitative estimate of drug-likeness (QED) is 0.816. The summed E-state index contributed by atoms with van der Waals surface area (Å²) in [6.07, 6.45) is 2.83. The Morgan fingerprint density at radius 2 is 2.22 bits per heavy atom. The zero-order valence-electron chi connectivity index (χ0n) is 9.65. The van der Waals surface area contributed by atoms with Crippen molar-refractivity contribution < 1.29 is 13.5 Å². The molecule has 1 heterocycles. The van der Waals surface area contributed by atoms with Gasteiger partial charge in [0.2, 0.25) is 10.0 Å². The van der Waals surface area contributed by atoms with Gasteiger partial charge < -0.3 is 5.11 Å². The lowest BCUT2D eigenvalue weighted by Gasteiger charge is -2.20. The van der Waals surface area contributed by atoms with Crippen LogP contribution < -0.4 is 0 Å². The minimum absolute atomic E-state index is 0.0159. The van der Waals surface area contributed by atoms with Gasteiger partial charge in [0.1, 0.15) is 16.7 Å². The van der Waals surface area contributed by atoms with E-state index >= 15 is 0 Å². The van der Waals surface area contributed by atoms with Crippen LogP contribution in [0.3, 0.4) is 0 Å². The summed E-state index contributed by atoms with van der Waals surface area (Å²) in [5, 5.41) is 17.6. The van der Waals surface area contributed by atoms with Crippen molar-refractivity contribution in [2.24, 2.45) is 0 Å². The van der Waals surface area contributed by atoms with Crippen molar-refractivity contribution in [3.63, 3.8) is 0 Å². The third-order valence-electron chi connectivity index (χ3n) is 2.73. The Balaban J connectivity index is 2.30. The number of sulfonamides is 1. The summed E-state index contributed by atoms with van der Waals surface area (Å²) < 4.78 is 25.9. The summed E-state index contributed by atoms with van der Waals surface area (Å²) in [4.78, 5) is 3.81. The fraction of sp³-hybridized carbons (Fsp3) is 0.455. The van der Waals surface area contributed by atoms with Gasteiger partial charge in [-0.05, 0) is 25.0 Å². The molecule has 0 aromatic carbocycles. The second kappa shape index (κ2) is 5.02. The average molecular weight is 267 g/mol. The molecule has 1 aromatic rings. The molecule has 6 nitrogen and oxygen atoms in total. The van der Waals surface area contributed by atoms with Crippen molar-refractivity contribution in [2.45, 2.75) is 23.8 Å². The zero-order valence-corrected chi connectivity index (χ0v) is 10.5. The third-order valence-corrected chi connectivity index (χ3v) is 4.67. The summed E-state index contributed by atoms with van der Waals surface area (Å²) in [5.41, 5.74) is 0.175. The molecule has 18 heavy (non-hydrogen) atoms. The lowest BCUT2D eigenvalue weighted by Crippen LogP contribution is -2.35. The van der Waals surface area contributed by atoms with E-state index in [1.807, 2.05) is 6.07 Å². The van der Waals surface area contributed by atoms with E-state index in [1.54, 1.807) is 0 Å². The Hall–Kier alpha value is -1.49. The smallest absolute Gasteiger partial charge is 0.244 e. The van der Waals surface area contributed by atoms with E-state index in [2.05, 4.69) is 4.98 Å². The van der Waals surface area contributed by atoms with Crippen LogP contribution in [0.15, 0.2) is 23.2 Å². The molecule has 0 amide bonds. The highest BCUT2D eigenvalue weighted by molar-refractivity contribution is 7.89. The molecule has 1 aromatic heterocycles. The fourth-order valence-corrected chi connectivity index (χ4v) is 3.32. The lowest BCUT2D eigenvalue weighted by atomic mass is 10.4. The van der Waals surface area contributed by atoms with E-state index in [-0.39, 0.29) is 29.8 Å². The van der Waals surface area contributed by atoms with E-state index in [9.17, 15) is 8.42 Å². The maximum Gasteiger partial charge on any atom is 0.244 e. The van der Waals surface area contributed by atoms with Crippen LogP contribution in [-0.2, 0) is 10.0 Å². The molecule has 1 aliphatic rings. The average Bonchev–Trinajstić information content (AvgIpc) is 3.20. The molecule has 1 fully saturated rings. The molecule has 7 heteroatoms. The Kier molecular flexibility index (Phi) is 3.61. The summed E-state index contributed by atoms with van der Waals surface area (Å²) >= 11 is 0. The first kappa shape index (κ1) is 13.0. The molecule has 0 radical (unpaired) electrons. The van der Waals surface area contributed by atoms with Gasteiger partial charge in [-0.2, -0.15) is 9.57 Å². The Morgan fingerprint density at radius 3 is 2.67 bits per heavy atom. The molecule has 96 valence electrons. The highest BCUT2D eigenvalue weighted by atomic mass is 32.2. The number of hydrogen-bond acceptors (Lipinski definition) is 5. The van der Waals surface area contributed by atoms with Crippen LogP contribution >= 0.6 is 0 Å². The third kappa shape index (κ3) is 2.51. The molecule has 0 bridgehead atoms. The van der Waals surface area contributed by atoms with Gasteiger partial charge >= 0.3 is 0 Å². The minimum atomic E-state index is -3.62. The van der Waals surface area contributed by atoms with Crippen molar-refractivity contribution in [3.05, 3.63) is 24.0 Å². The van der Waals surface area contributed by atoms with Gasteiger partial charge in [0.05, 0.1) is 6.61 Å². The lowest BCUT2D eigenvalue weighted by molar-refractivity contribution is 0.250. The van der Waals surface area contributed by atoms with Crippen LogP contribution in [0.2, 0.25) is 0 Å². The molecule has 0 aliphatic heterocycles. The van der Waals surface area contributed by atoms with Crippen LogP contribution in [-0.4, -0.2) is 42.0 Å². The van der Waals surface area contributed by atoms with Crippen LogP contribution in [0.25, 0.3) is 0 Å². The number of pyridine rings is 1. The van der Waals surface area contributed by atoms with Crippen LogP contribution in [0.1, 0.15) is 18.5 Å². The van der Waals surface area contributed by atoms with Crippen LogP contribution in [0.5, 0.6) is 0 Å². The Labute approximate surface area is 106 Å². The molecule has 1 aliphatic carbocycles. The van der Waals surface area contributed by atoms with Crippen molar-refractivity contribution in [1.29, 1.82) is 5.26 Å². The summed E-state index contributed by atoms with van der Waals surface area (Å²) in [5.74, 6) is 0. The van der Waals surface area contributed by atoms with E-state index in [1.165, 1.54) is 22.6 Å². The number of hydrogen-bond donors (Lipinski definition) is 1. The second-order valence-electron chi connectivity index (χ2n) is 4.06. The van der Waals surface area contributed by atoms with E-state index in [4.69, 9.17) is 10.4 Å². The Bertz CT molecular complexity index is 558. The van der Waals surface area contributed by atoms with Crippen molar-refractivity contribution in [2.75, 3.05) is 13.2 Å². The first-order valence-corrected chi connectivity index (χ1v) is 7.02. The first-order valence-electron chi connectivity index (χ1n) is 5.58. The molecule has 0 unspecified atom stereocenters. The molecule has 1 N–H and O–H groups in total. The molecule has 2 rings (SSSR count). The standard InChI is InChI=1S/C11H13N3O3S/c12-7-9-1-4-11(8-13-9)18(16,17)14(5-6-15)10-2-3-10/h1,4,8,10,15H,2-3,5-6H2. The second-order valence-corrected chi connectivity index (χ2v) is 5.95. The zero-order chi connectivity index (χ0) is 13.2. The minimum Gasteiger partial charge on any atom is -0.395 e. The van der Waals surface area contributed by atoms with E-state index in [0.717, 1.165) is 12.8 Å². The summed E-state index contributed by atoms with van der Waals surface area (Å²) in [7, 11) is -3.62. The van der Waals surface area contributed by atoms with Crippen LogP contribution in [0.4, 0.5) is 0 Å². The Morgan fingerprint density at radius 1 is 1.50 bits per heavy atom. The van der Waals surface area contributed by atoms with Crippen LogP contribution in [0, 0.1) is 11.3 Å². The van der Waals surface area contributed by atoms with Crippen molar-refractivity contribution >= 4 is 10.0 Å². The first-order chi connectivity index (χ1) is 8.59. The largest absolute Gasteiger partial charge is 0.395 e. The number of aromatic nitrogens is 1. The normalized spacial score (nSPS) is 15.6. The highest BCUT2D eigenvalue weighted by Gasteiger charge is 2.37. The van der Waals surface area contributed by atoms with Crippen molar-refractivity contribution in [3.8, 4) is 6.07 Å². The summed E-state index contributed by atoms with van der Waals surface area (Å²) in [6.45, 7) is -0.119. The molecule has 0 saturated heterocycles. The number of nitriles is 1. The van der Waals surface area contributed by atoms with Gasteiger partial charge in [0.25, 0.3) is 0 Å². The predicted octanol–water partition coefficient (Wildman–Crippen LogP) is 0.0987. The summed E-state index contributed by atoms with van der Waals surface area (Å²) in [6, 6.07) is 4.56. The van der Waals surface area contributed by atoms with Crippen molar-refractivity contribution in [1.82, 2.24) is 9.29 Å². The maximum absolute atomic E-state index is 12.3. The molecular weight excluding hydrogens is 254 g/mol. The molecular formula is C11H13N3O3S. The van der Waals surface area contributed by atoms with Gasteiger partial charge in [-0.3, -0.25) is 0 Å². The molecule has 1 saturated carbocycles. The predicted molar refractivity (Wildman–Crippen MR) is 63.0 cm³/mol. The fourth-order valence-electron chi connectivity index (χ4n) is 1.69. The van der Waals surface area contributed by atoms with E-state index in [0.29, 0.717) is 0 Å². The molecule has 0 spiro atoms. The molecule has 0 atom stereocenters.